The van der Waals surface area contributed by atoms with E-state index in [0.717, 1.165) is 10.0 Å². The first-order valence-electron chi connectivity index (χ1n) is 6.01. The zero-order valence-electron chi connectivity index (χ0n) is 10.9. The normalized spacial score (nSPS) is 12.5. The van der Waals surface area contributed by atoms with Gasteiger partial charge in [0.15, 0.2) is 0 Å². The first-order chi connectivity index (χ1) is 9.04. The van der Waals surface area contributed by atoms with Gasteiger partial charge in [0.2, 0.25) is 0 Å². The van der Waals surface area contributed by atoms with E-state index in [1.165, 1.54) is 16.7 Å². The molecule has 2 aromatic rings. The van der Waals surface area contributed by atoms with Gasteiger partial charge in [0.25, 0.3) is 0 Å². The van der Waals surface area contributed by atoms with Crippen LogP contribution in [0, 0.1) is 13.8 Å². The van der Waals surface area contributed by atoms with Crippen molar-refractivity contribution in [1.29, 1.82) is 0 Å². The van der Waals surface area contributed by atoms with Gasteiger partial charge in [-0.3, -0.25) is 5.84 Å². The van der Waals surface area contributed by atoms with E-state index in [1.54, 1.807) is 0 Å². The zero-order valence-corrected chi connectivity index (χ0v) is 13.2. The van der Waals surface area contributed by atoms with Crippen molar-refractivity contribution in [2.45, 2.75) is 19.9 Å². The van der Waals surface area contributed by atoms with Crippen molar-refractivity contribution in [3.63, 3.8) is 0 Å². The Kier molecular flexibility index (Phi) is 4.63. The quantitative estimate of drug-likeness (QED) is 0.647. The minimum absolute atomic E-state index is 0.0477. The monoisotopic (exact) mass is 338 g/mol. The Morgan fingerprint density at radius 1 is 1.21 bits per heavy atom. The van der Waals surface area contributed by atoms with E-state index in [9.17, 15) is 0 Å². The van der Waals surface area contributed by atoms with Crippen LogP contribution in [0.1, 0.15) is 28.3 Å². The van der Waals surface area contributed by atoms with Crippen molar-refractivity contribution in [2.24, 2.45) is 5.84 Å². The lowest BCUT2D eigenvalue weighted by Gasteiger charge is -2.20. The Morgan fingerprint density at radius 3 is 2.58 bits per heavy atom. The molecule has 19 heavy (non-hydrogen) atoms. The van der Waals surface area contributed by atoms with Crippen LogP contribution in [0.15, 0.2) is 40.9 Å². The molecule has 2 aromatic carbocycles. The van der Waals surface area contributed by atoms with Crippen molar-refractivity contribution in [3.05, 3.63) is 68.1 Å². The Morgan fingerprint density at radius 2 is 1.95 bits per heavy atom. The molecule has 0 saturated heterocycles. The van der Waals surface area contributed by atoms with Crippen LogP contribution in [-0.4, -0.2) is 0 Å². The molecule has 0 amide bonds. The molecular formula is C15H16BrClN2. The Hall–Kier alpha value is -0.870. The number of hydrogen-bond donors (Lipinski definition) is 2. The van der Waals surface area contributed by atoms with Gasteiger partial charge < -0.3 is 0 Å². The fraction of sp³-hybridized carbons (Fsp3) is 0.200. The summed E-state index contributed by atoms with van der Waals surface area (Å²) in [5.41, 5.74) is 7.64. The van der Waals surface area contributed by atoms with Gasteiger partial charge in [0, 0.05) is 4.47 Å². The summed E-state index contributed by atoms with van der Waals surface area (Å²) in [6.07, 6.45) is 0. The molecule has 0 fully saturated rings. The van der Waals surface area contributed by atoms with Crippen LogP contribution in [0.25, 0.3) is 0 Å². The average Bonchev–Trinajstić information content (AvgIpc) is 2.39. The lowest BCUT2D eigenvalue weighted by molar-refractivity contribution is 0.633. The number of halogens is 2. The summed E-state index contributed by atoms with van der Waals surface area (Å²) in [5.74, 6) is 5.75. The predicted molar refractivity (Wildman–Crippen MR) is 84.2 cm³/mol. The van der Waals surface area contributed by atoms with Gasteiger partial charge >= 0.3 is 0 Å². The van der Waals surface area contributed by atoms with E-state index >= 15 is 0 Å². The van der Waals surface area contributed by atoms with Crippen LogP contribution >= 0.6 is 27.5 Å². The molecule has 0 radical (unpaired) electrons. The van der Waals surface area contributed by atoms with Gasteiger partial charge in [-0.25, -0.2) is 5.43 Å². The molecule has 100 valence electrons. The van der Waals surface area contributed by atoms with E-state index in [0.29, 0.717) is 5.02 Å². The molecule has 4 heteroatoms. The molecule has 0 bridgehead atoms. The third-order valence-electron chi connectivity index (χ3n) is 3.40. The molecule has 0 aliphatic rings. The molecule has 0 aliphatic carbocycles. The van der Waals surface area contributed by atoms with E-state index in [1.807, 2.05) is 24.3 Å². The van der Waals surface area contributed by atoms with Gasteiger partial charge in [-0.05, 0) is 64.2 Å². The number of rotatable bonds is 3. The minimum atomic E-state index is -0.0477. The first-order valence-corrected chi connectivity index (χ1v) is 7.19. The highest BCUT2D eigenvalue weighted by Crippen LogP contribution is 2.30. The molecule has 1 atom stereocenters. The molecule has 0 aliphatic heterocycles. The fourth-order valence-electron chi connectivity index (χ4n) is 2.14. The summed E-state index contributed by atoms with van der Waals surface area (Å²) in [7, 11) is 0. The number of aryl methyl sites for hydroxylation is 1. The summed E-state index contributed by atoms with van der Waals surface area (Å²) in [5, 5.41) is 0.695. The number of nitrogens with one attached hydrogen (secondary N) is 1. The third-order valence-corrected chi connectivity index (χ3v) is 4.62. The molecular weight excluding hydrogens is 324 g/mol. The maximum absolute atomic E-state index is 6.03. The maximum atomic E-state index is 6.03. The van der Waals surface area contributed by atoms with Gasteiger partial charge in [0.05, 0.1) is 11.1 Å². The van der Waals surface area contributed by atoms with Crippen molar-refractivity contribution < 1.29 is 0 Å². The average molecular weight is 340 g/mol. The lowest BCUT2D eigenvalue weighted by atomic mass is 9.93. The summed E-state index contributed by atoms with van der Waals surface area (Å²) >= 11 is 9.48. The second-order valence-electron chi connectivity index (χ2n) is 4.56. The molecule has 0 spiro atoms. The van der Waals surface area contributed by atoms with E-state index in [4.69, 9.17) is 17.4 Å². The molecule has 2 nitrogen and oxygen atoms in total. The third kappa shape index (κ3) is 3.00. The Bertz CT molecular complexity index is 599. The van der Waals surface area contributed by atoms with Gasteiger partial charge in [-0.2, -0.15) is 0 Å². The Balaban J connectivity index is 2.50. The molecule has 2 rings (SSSR count). The predicted octanol–water partition coefficient (Wildman–Crippen LogP) is 4.27. The van der Waals surface area contributed by atoms with Crippen LogP contribution in [0.3, 0.4) is 0 Å². The van der Waals surface area contributed by atoms with Crippen molar-refractivity contribution in [1.82, 2.24) is 5.43 Å². The number of hydrazine groups is 1. The van der Waals surface area contributed by atoms with E-state index < -0.39 is 0 Å². The fourth-order valence-corrected chi connectivity index (χ4v) is 2.66. The summed E-state index contributed by atoms with van der Waals surface area (Å²) < 4.78 is 0.872. The van der Waals surface area contributed by atoms with E-state index in [-0.39, 0.29) is 6.04 Å². The van der Waals surface area contributed by atoms with Crippen LogP contribution in [0.4, 0.5) is 0 Å². The van der Waals surface area contributed by atoms with Gasteiger partial charge in [-0.1, -0.05) is 35.9 Å². The summed E-state index contributed by atoms with van der Waals surface area (Å²) in [4.78, 5) is 0. The minimum Gasteiger partial charge on any atom is -0.271 e. The van der Waals surface area contributed by atoms with Crippen molar-refractivity contribution in [2.75, 3.05) is 0 Å². The van der Waals surface area contributed by atoms with Gasteiger partial charge in [0.1, 0.15) is 0 Å². The molecule has 3 N–H and O–H groups in total. The second-order valence-corrected chi connectivity index (χ2v) is 5.82. The number of nitrogens with two attached hydrogens (primary N) is 1. The molecule has 0 aromatic heterocycles. The zero-order chi connectivity index (χ0) is 14.0. The standard InChI is InChI=1S/C15H16BrClN2/c1-9-4-3-5-12(10(9)2)15(19-18)11-6-7-14(17)13(16)8-11/h3-8,15,19H,18H2,1-2H3. The van der Waals surface area contributed by atoms with Gasteiger partial charge in [-0.15, -0.1) is 0 Å². The number of hydrogen-bond acceptors (Lipinski definition) is 2. The van der Waals surface area contributed by atoms with Crippen molar-refractivity contribution in [3.8, 4) is 0 Å². The summed E-state index contributed by atoms with van der Waals surface area (Å²) in [6, 6.07) is 12.0. The molecule has 0 saturated carbocycles. The maximum Gasteiger partial charge on any atom is 0.0713 e. The molecule has 1 unspecified atom stereocenters. The highest BCUT2D eigenvalue weighted by molar-refractivity contribution is 9.10. The largest absolute Gasteiger partial charge is 0.271 e. The Labute approximate surface area is 127 Å². The van der Waals surface area contributed by atoms with Crippen LogP contribution in [-0.2, 0) is 0 Å². The highest BCUT2D eigenvalue weighted by Gasteiger charge is 2.16. The topological polar surface area (TPSA) is 38.0 Å². The van der Waals surface area contributed by atoms with E-state index in [2.05, 4.69) is 47.3 Å². The summed E-state index contributed by atoms with van der Waals surface area (Å²) in [6.45, 7) is 4.21. The molecule has 0 heterocycles. The number of benzene rings is 2. The first kappa shape index (κ1) is 14.5. The van der Waals surface area contributed by atoms with Crippen LogP contribution in [0.5, 0.6) is 0 Å². The van der Waals surface area contributed by atoms with Crippen LogP contribution in [0.2, 0.25) is 5.02 Å². The second kappa shape index (κ2) is 6.06. The van der Waals surface area contributed by atoms with Crippen molar-refractivity contribution >= 4 is 27.5 Å². The SMILES string of the molecule is Cc1cccc(C(NN)c2ccc(Cl)c(Br)c2)c1C. The van der Waals surface area contributed by atoms with Crippen LogP contribution < -0.4 is 11.3 Å². The lowest BCUT2D eigenvalue weighted by Crippen LogP contribution is -2.29. The smallest absolute Gasteiger partial charge is 0.0713 e. The highest BCUT2D eigenvalue weighted by atomic mass is 79.9.